The maximum Gasteiger partial charge on any atom is 0.0682 e. The Morgan fingerprint density at radius 1 is 1.67 bits per heavy atom. The summed E-state index contributed by atoms with van der Waals surface area (Å²) in [5.74, 6) is 0. The van der Waals surface area contributed by atoms with Gasteiger partial charge in [-0.2, -0.15) is 0 Å². The van der Waals surface area contributed by atoms with Crippen molar-refractivity contribution in [2.24, 2.45) is 0 Å². The molecule has 0 saturated heterocycles. The van der Waals surface area contributed by atoms with Crippen LogP contribution in [-0.2, 0) is 0 Å². The molecular weight excluding hydrogens is 186 g/mol. The summed E-state index contributed by atoms with van der Waals surface area (Å²) in [4.78, 5) is 0. The highest BCUT2D eigenvalue weighted by Gasteiger charge is 1.84. The Morgan fingerprint density at radius 2 is 2.17 bits per heavy atom. The van der Waals surface area contributed by atoms with E-state index in [0.29, 0.717) is 0 Å². The van der Waals surface area contributed by atoms with Crippen LogP contribution < -0.4 is 0 Å². The zero-order valence-corrected chi connectivity index (χ0v) is 9.38. The summed E-state index contributed by atoms with van der Waals surface area (Å²) in [7, 11) is 8.32. The van der Waals surface area contributed by atoms with E-state index in [1.165, 1.54) is 0 Å². The molecule has 6 heavy (non-hydrogen) atoms. The van der Waals surface area contributed by atoms with E-state index in [-0.39, 0.29) is 6.99 Å². The van der Waals surface area contributed by atoms with E-state index in [4.69, 9.17) is 1.28 Å². The van der Waals surface area contributed by atoms with Gasteiger partial charge in [0, 0.05) is 0 Å². The van der Waals surface area contributed by atoms with Gasteiger partial charge in [-0.1, -0.05) is 15.9 Å². The molecule has 0 amide bonds. The third-order valence-electron chi connectivity index (χ3n) is 0.173. The van der Waals surface area contributed by atoms with Crippen molar-refractivity contribution in [2.75, 3.05) is 0 Å². The van der Waals surface area contributed by atoms with E-state index in [0.717, 1.165) is 7.96 Å². The van der Waals surface area contributed by atoms with Crippen molar-refractivity contribution < 1.29 is 0 Å². The lowest BCUT2D eigenvalue weighted by molar-refractivity contribution is 5.02. The van der Waals surface area contributed by atoms with Gasteiger partial charge < -0.3 is 0 Å². The summed E-state index contributed by atoms with van der Waals surface area (Å²) < 4.78 is 7.32. The predicted molar refractivity (Wildman–Crippen MR) is 52.7 cm³/mol. The van der Waals surface area contributed by atoms with Crippen LogP contribution in [0.2, 0.25) is 0 Å². The Hall–Kier alpha value is 2.58. The summed E-state index contributed by atoms with van der Waals surface area (Å²) in [6, 6.07) is 0. The van der Waals surface area contributed by atoms with E-state index in [9.17, 15) is 0 Å². The first-order chi connectivity index (χ1) is 3.18. The summed E-state index contributed by atoms with van der Waals surface area (Å²) in [6.45, 7) is -0.105. The molecule has 5 unspecified atom stereocenters. The molecular formula is H8P6. The summed E-state index contributed by atoms with van der Waals surface area (Å²) >= 11 is 0. The van der Waals surface area contributed by atoms with Crippen LogP contribution in [0.15, 0.2) is 0 Å². The van der Waals surface area contributed by atoms with Crippen LogP contribution in [0.4, 0.5) is 0 Å². The summed E-state index contributed by atoms with van der Waals surface area (Å²) in [6.07, 6.45) is 0. The molecule has 0 fully saturated rings. The molecule has 6 heteroatoms. The second kappa shape index (κ2) is 5.71. The van der Waals surface area contributed by atoms with Gasteiger partial charge in [-0.3, -0.25) is 0 Å². The first kappa shape index (κ1) is 6.70. The second-order valence-electron chi connectivity index (χ2n) is 0.609. The molecule has 0 heterocycles. The molecule has 0 saturated carbocycles. The van der Waals surface area contributed by atoms with Crippen molar-refractivity contribution in [3.05, 3.63) is 0 Å². The maximum atomic E-state index is 7.32. The molecule has 0 bridgehead atoms. The highest BCUT2D eigenvalue weighted by atomic mass is 32.9. The van der Waals surface area contributed by atoms with Crippen molar-refractivity contribution in [3.8, 4) is 0 Å². The SMILES string of the molecule is [2H]P(PP)P(P)P. The van der Waals surface area contributed by atoms with Crippen molar-refractivity contribution in [3.63, 3.8) is 0 Å². The highest BCUT2D eigenvalue weighted by molar-refractivity contribution is 8.82. The van der Waals surface area contributed by atoms with Crippen LogP contribution in [-0.4, -0.2) is 1.28 Å². The monoisotopic (exact) mass is 195 g/mol. The van der Waals surface area contributed by atoms with Gasteiger partial charge in [-0.25, -0.2) is 0 Å². The standard InChI is InChI=1S/H8P6/c1-4-5-6(2)3/h4-5H,1-3H2/i5D. The van der Waals surface area contributed by atoms with Gasteiger partial charge in [0.05, 0.1) is 1.28 Å². The normalized spacial score (nSPS) is 19.7. The summed E-state index contributed by atoms with van der Waals surface area (Å²) in [5.41, 5.74) is 0. The number of hydrogen-bond acceptors (Lipinski definition) is 0. The van der Waals surface area contributed by atoms with Crippen molar-refractivity contribution in [2.45, 2.75) is 0 Å². The van der Waals surface area contributed by atoms with Crippen molar-refractivity contribution in [1.82, 2.24) is 0 Å². The minimum atomic E-state index is -0.406. The quantitative estimate of drug-likeness (QED) is 0.594. The molecule has 38 valence electrons. The van der Waals surface area contributed by atoms with E-state index < -0.39 is 7.90 Å². The Morgan fingerprint density at radius 3 is 2.17 bits per heavy atom. The fourth-order valence-corrected chi connectivity index (χ4v) is 16.2. The lowest BCUT2D eigenvalue weighted by Gasteiger charge is -1.97. The van der Waals surface area contributed by atoms with Gasteiger partial charge in [0.15, 0.2) is 0 Å². The smallest absolute Gasteiger partial charge is 0.0682 e. The van der Waals surface area contributed by atoms with Crippen LogP contribution in [0, 0.1) is 0 Å². The average Bonchev–Trinajstić information content (AvgIpc) is 1.65. The lowest BCUT2D eigenvalue weighted by atomic mass is 29.1. The number of rotatable bonds is 2. The third-order valence-corrected chi connectivity index (χ3v) is 14.0. The fraction of sp³-hybridized carbons (Fsp3) is 0. The Bertz CT molecular complexity index is 41.4. The third kappa shape index (κ3) is 6.58. The van der Waals surface area contributed by atoms with Gasteiger partial charge in [0.2, 0.25) is 0 Å². The summed E-state index contributed by atoms with van der Waals surface area (Å²) in [5, 5.41) is 0. The van der Waals surface area contributed by atoms with Gasteiger partial charge >= 0.3 is 0 Å². The highest BCUT2D eigenvalue weighted by Crippen LogP contribution is 2.77. The Labute approximate surface area is 51.5 Å². The molecule has 5 atom stereocenters. The van der Waals surface area contributed by atoms with Crippen LogP contribution >= 0.6 is 49.6 Å². The average molecular weight is 195 g/mol. The number of hydrogen-bond donors (Lipinski definition) is 0. The van der Waals surface area contributed by atoms with Crippen molar-refractivity contribution in [1.29, 1.82) is 1.28 Å². The van der Waals surface area contributed by atoms with Gasteiger partial charge in [0.1, 0.15) is 0 Å². The molecule has 0 nitrogen and oxygen atoms in total. The second-order valence-corrected chi connectivity index (χ2v) is 16.4. The van der Waals surface area contributed by atoms with Gasteiger partial charge in [-0.15, -0.1) is 26.8 Å². The Kier molecular flexibility index (Phi) is 6.38. The molecule has 0 aromatic heterocycles. The lowest BCUT2D eigenvalue weighted by Crippen LogP contribution is -1.04. The van der Waals surface area contributed by atoms with E-state index >= 15 is 0 Å². The molecule has 0 radical (unpaired) electrons. The molecule has 0 spiro atoms. The zero-order chi connectivity index (χ0) is 5.86. The van der Waals surface area contributed by atoms with Gasteiger partial charge in [-0.05, 0) is 6.99 Å². The van der Waals surface area contributed by atoms with Crippen LogP contribution in [0.3, 0.4) is 0 Å². The minimum absolute atomic E-state index is 0.105. The molecule has 0 N–H and O–H groups in total. The Balaban J connectivity index is 3.14. The molecule has 0 aliphatic rings. The van der Waals surface area contributed by atoms with Crippen molar-refractivity contribution >= 4 is 49.6 Å². The topological polar surface area (TPSA) is 0 Å². The zero-order valence-electron chi connectivity index (χ0n) is 4.13. The van der Waals surface area contributed by atoms with E-state index in [1.54, 1.807) is 0 Å². The fourth-order valence-electron chi connectivity index (χ4n) is 0.0667. The van der Waals surface area contributed by atoms with E-state index in [1.807, 2.05) is 0 Å². The largest absolute Gasteiger partial charge is 0.110 e. The minimum Gasteiger partial charge on any atom is -0.110 e. The first-order valence-corrected chi connectivity index (χ1v) is 11.1. The molecule has 0 aliphatic heterocycles. The first-order valence-electron chi connectivity index (χ1n) is 1.68. The molecule has 0 aromatic carbocycles. The van der Waals surface area contributed by atoms with Crippen LogP contribution in [0.5, 0.6) is 0 Å². The maximum absolute atomic E-state index is 7.32. The predicted octanol–water partition coefficient (Wildman–Crippen LogP) is 3.03. The van der Waals surface area contributed by atoms with Crippen LogP contribution in [0.25, 0.3) is 0 Å². The van der Waals surface area contributed by atoms with E-state index in [2.05, 4.69) is 26.8 Å². The molecule has 0 aliphatic carbocycles. The molecule has 0 aromatic rings. The molecule has 0 rings (SSSR count). The van der Waals surface area contributed by atoms with Gasteiger partial charge in [0.25, 0.3) is 0 Å². The van der Waals surface area contributed by atoms with Crippen LogP contribution in [0.1, 0.15) is 0 Å².